The molecule has 1 heterocycles. The van der Waals surface area contributed by atoms with E-state index in [1.807, 2.05) is 6.92 Å². The molecule has 1 fully saturated rings. The molecule has 1 rings (SSSR count). The molecule has 4 heteroatoms. The van der Waals surface area contributed by atoms with E-state index in [9.17, 15) is 9.59 Å². The van der Waals surface area contributed by atoms with Gasteiger partial charge in [-0.3, -0.25) is 4.79 Å². The quantitative estimate of drug-likeness (QED) is 0.419. The highest BCUT2D eigenvalue weighted by atomic mass is 16.5. The van der Waals surface area contributed by atoms with Gasteiger partial charge >= 0.3 is 11.9 Å². The molecule has 1 aliphatic heterocycles. The molecule has 0 aromatic heterocycles. The standard InChI is InChI=1S/C7H12O2.C5H6O2/c1-3-5-6-9-7(8)4-2;1-4-2-3-5(6)7-4/h4H,2-3,5-6H2,1H3;1-3H2. The van der Waals surface area contributed by atoms with Crippen LogP contribution in [0, 0.1) is 0 Å². The predicted octanol–water partition coefficient (Wildman–Crippen LogP) is 2.35. The molecule has 0 N–H and O–H groups in total. The highest BCUT2D eigenvalue weighted by Gasteiger charge is 2.13. The van der Waals surface area contributed by atoms with E-state index in [1.54, 1.807) is 0 Å². The van der Waals surface area contributed by atoms with Crippen LogP contribution in [0.3, 0.4) is 0 Å². The van der Waals surface area contributed by atoms with Crippen LogP contribution in [0.1, 0.15) is 32.6 Å². The Balaban J connectivity index is 0.000000288. The third-order valence-electron chi connectivity index (χ3n) is 1.78. The summed E-state index contributed by atoms with van der Waals surface area (Å²) in [6, 6.07) is 0. The van der Waals surface area contributed by atoms with Gasteiger partial charge in [-0.1, -0.05) is 26.5 Å². The lowest BCUT2D eigenvalue weighted by molar-refractivity contribution is -0.138. The normalized spacial score (nSPS) is 13.6. The fraction of sp³-hybridized carbons (Fsp3) is 0.500. The van der Waals surface area contributed by atoms with Crippen LogP contribution < -0.4 is 0 Å². The third-order valence-corrected chi connectivity index (χ3v) is 1.78. The molecule has 0 spiro atoms. The first-order valence-electron chi connectivity index (χ1n) is 5.27. The lowest BCUT2D eigenvalue weighted by Gasteiger charge is -1.97. The largest absolute Gasteiger partial charge is 0.463 e. The summed E-state index contributed by atoms with van der Waals surface area (Å²) in [7, 11) is 0. The van der Waals surface area contributed by atoms with Crippen LogP contribution >= 0.6 is 0 Å². The molecule has 4 nitrogen and oxygen atoms in total. The number of hydrogen-bond donors (Lipinski definition) is 0. The molecule has 0 aromatic carbocycles. The van der Waals surface area contributed by atoms with Crippen molar-refractivity contribution < 1.29 is 19.1 Å². The topological polar surface area (TPSA) is 52.6 Å². The fourth-order valence-electron chi connectivity index (χ4n) is 0.881. The summed E-state index contributed by atoms with van der Waals surface area (Å²) in [6.45, 7) is 9.28. The zero-order valence-corrected chi connectivity index (χ0v) is 9.66. The molecule has 0 unspecified atom stereocenters. The van der Waals surface area contributed by atoms with Crippen LogP contribution in [0.15, 0.2) is 25.0 Å². The second-order valence-electron chi connectivity index (χ2n) is 3.24. The number of esters is 2. The maximum Gasteiger partial charge on any atom is 0.330 e. The smallest absolute Gasteiger partial charge is 0.330 e. The van der Waals surface area contributed by atoms with Crippen molar-refractivity contribution in [3.8, 4) is 0 Å². The molecule has 1 saturated heterocycles. The summed E-state index contributed by atoms with van der Waals surface area (Å²) in [5.74, 6) is 0.124. The van der Waals surface area contributed by atoms with Gasteiger partial charge in [0.1, 0.15) is 5.76 Å². The first-order chi connectivity index (χ1) is 7.60. The van der Waals surface area contributed by atoms with E-state index in [2.05, 4.69) is 22.6 Å². The molecule has 0 bridgehead atoms. The van der Waals surface area contributed by atoms with Gasteiger partial charge < -0.3 is 9.47 Å². The van der Waals surface area contributed by atoms with Crippen LogP contribution in [0.2, 0.25) is 0 Å². The Hall–Kier alpha value is -1.58. The van der Waals surface area contributed by atoms with E-state index in [0.29, 0.717) is 25.2 Å². The number of carbonyl (C=O) groups excluding carboxylic acids is 2. The van der Waals surface area contributed by atoms with Crippen molar-refractivity contribution in [2.45, 2.75) is 32.6 Å². The number of allylic oxidation sites excluding steroid dienone is 1. The van der Waals surface area contributed by atoms with Gasteiger partial charge in [0.25, 0.3) is 0 Å². The van der Waals surface area contributed by atoms with Gasteiger partial charge in [0.05, 0.1) is 13.0 Å². The molecule has 90 valence electrons. The number of rotatable bonds is 4. The highest BCUT2D eigenvalue weighted by Crippen LogP contribution is 2.13. The summed E-state index contributed by atoms with van der Waals surface area (Å²) < 4.78 is 9.20. The van der Waals surface area contributed by atoms with Crippen molar-refractivity contribution in [3.05, 3.63) is 25.0 Å². The van der Waals surface area contributed by atoms with E-state index in [1.165, 1.54) is 6.08 Å². The zero-order valence-electron chi connectivity index (χ0n) is 9.66. The lowest BCUT2D eigenvalue weighted by Crippen LogP contribution is -2.00. The lowest BCUT2D eigenvalue weighted by atomic mass is 10.3. The minimum Gasteiger partial charge on any atom is -0.463 e. The summed E-state index contributed by atoms with van der Waals surface area (Å²) in [5.41, 5.74) is 0. The van der Waals surface area contributed by atoms with E-state index >= 15 is 0 Å². The number of hydrogen-bond acceptors (Lipinski definition) is 4. The summed E-state index contributed by atoms with van der Waals surface area (Å²) >= 11 is 0. The second-order valence-corrected chi connectivity index (χ2v) is 3.24. The Labute approximate surface area is 95.9 Å². The van der Waals surface area contributed by atoms with Gasteiger partial charge in [-0.2, -0.15) is 0 Å². The molecule has 0 atom stereocenters. The second kappa shape index (κ2) is 8.71. The first-order valence-corrected chi connectivity index (χ1v) is 5.27. The van der Waals surface area contributed by atoms with Crippen molar-refractivity contribution in [2.75, 3.05) is 6.61 Å². The fourth-order valence-corrected chi connectivity index (χ4v) is 0.881. The Morgan fingerprint density at radius 1 is 1.56 bits per heavy atom. The van der Waals surface area contributed by atoms with E-state index in [-0.39, 0.29) is 11.9 Å². The average molecular weight is 226 g/mol. The van der Waals surface area contributed by atoms with Crippen LogP contribution in [-0.2, 0) is 19.1 Å². The number of cyclic esters (lactones) is 1. The molecule has 0 amide bonds. The Morgan fingerprint density at radius 3 is 2.56 bits per heavy atom. The number of ether oxygens (including phenoxy) is 2. The van der Waals surface area contributed by atoms with E-state index < -0.39 is 0 Å². The molecular weight excluding hydrogens is 208 g/mol. The minimum atomic E-state index is -0.330. The molecular formula is C12H18O4. The van der Waals surface area contributed by atoms with Crippen molar-refractivity contribution in [1.29, 1.82) is 0 Å². The third kappa shape index (κ3) is 7.79. The maximum atomic E-state index is 10.3. The molecule has 0 radical (unpaired) electrons. The molecule has 1 aliphatic rings. The Bertz CT molecular complexity index is 254. The Morgan fingerprint density at radius 2 is 2.25 bits per heavy atom. The highest BCUT2D eigenvalue weighted by molar-refractivity contribution is 5.81. The van der Waals surface area contributed by atoms with Gasteiger partial charge in [-0.25, -0.2) is 4.79 Å². The monoisotopic (exact) mass is 226 g/mol. The van der Waals surface area contributed by atoms with Crippen LogP contribution in [0.25, 0.3) is 0 Å². The van der Waals surface area contributed by atoms with Crippen LogP contribution in [0.5, 0.6) is 0 Å². The molecule has 0 saturated carbocycles. The van der Waals surface area contributed by atoms with Gasteiger partial charge in [0.2, 0.25) is 0 Å². The van der Waals surface area contributed by atoms with Crippen molar-refractivity contribution >= 4 is 11.9 Å². The van der Waals surface area contributed by atoms with Gasteiger partial charge in [-0.05, 0) is 6.42 Å². The summed E-state index contributed by atoms with van der Waals surface area (Å²) in [4.78, 5) is 20.5. The van der Waals surface area contributed by atoms with Crippen LogP contribution in [0.4, 0.5) is 0 Å². The number of unbranched alkanes of at least 4 members (excludes halogenated alkanes) is 1. The van der Waals surface area contributed by atoms with Crippen LogP contribution in [-0.4, -0.2) is 18.5 Å². The van der Waals surface area contributed by atoms with Crippen molar-refractivity contribution in [3.63, 3.8) is 0 Å². The molecule has 16 heavy (non-hydrogen) atoms. The predicted molar refractivity (Wildman–Crippen MR) is 60.5 cm³/mol. The summed E-state index contributed by atoms with van der Waals surface area (Å²) in [5, 5.41) is 0. The summed E-state index contributed by atoms with van der Waals surface area (Å²) in [6.07, 6.45) is 4.37. The van der Waals surface area contributed by atoms with E-state index in [4.69, 9.17) is 0 Å². The first kappa shape index (κ1) is 14.4. The van der Waals surface area contributed by atoms with Gasteiger partial charge in [-0.15, -0.1) is 0 Å². The zero-order chi connectivity index (χ0) is 12.4. The minimum absolute atomic E-state index is 0.148. The van der Waals surface area contributed by atoms with Crippen molar-refractivity contribution in [1.82, 2.24) is 0 Å². The molecule has 0 aromatic rings. The number of carbonyl (C=O) groups is 2. The molecule has 0 aliphatic carbocycles. The average Bonchev–Trinajstić information content (AvgIpc) is 2.63. The van der Waals surface area contributed by atoms with Crippen molar-refractivity contribution in [2.24, 2.45) is 0 Å². The maximum absolute atomic E-state index is 10.3. The van der Waals surface area contributed by atoms with Gasteiger partial charge in [0.15, 0.2) is 0 Å². The Kier molecular flexibility index (Phi) is 7.85. The van der Waals surface area contributed by atoms with E-state index in [0.717, 1.165) is 12.8 Å². The van der Waals surface area contributed by atoms with Gasteiger partial charge in [0, 0.05) is 12.5 Å². The SMILES string of the molecule is C=C1CCC(=O)O1.C=CC(=O)OCCCC.